The minimum Gasteiger partial charge on any atom is -0.465 e. The van der Waals surface area contributed by atoms with E-state index < -0.39 is 12.1 Å². The first-order valence-corrected chi connectivity index (χ1v) is 13.2. The molecule has 8 nitrogen and oxygen atoms in total. The van der Waals surface area contributed by atoms with E-state index in [-0.39, 0.29) is 18.2 Å². The number of aryl methyl sites for hydroxylation is 1. The number of likely N-dealkylation sites (tertiary alicyclic amines) is 1. The van der Waals surface area contributed by atoms with Gasteiger partial charge in [-0.3, -0.25) is 4.79 Å². The molecule has 9 heteroatoms. The molecule has 192 valence electrons. The zero-order chi connectivity index (χ0) is 25.5. The number of hydrogen-bond donors (Lipinski definition) is 2. The smallest absolute Gasteiger partial charge is 0.404 e. The van der Waals surface area contributed by atoms with Gasteiger partial charge in [0.05, 0.1) is 11.0 Å². The lowest BCUT2D eigenvalue weighted by atomic mass is 9.95. The first-order valence-electron chi connectivity index (χ1n) is 12.4. The number of piperidine rings is 1. The third-order valence-corrected chi connectivity index (χ3v) is 7.23. The van der Waals surface area contributed by atoms with Crippen LogP contribution in [-0.2, 0) is 22.5 Å². The quantitative estimate of drug-likeness (QED) is 0.349. The Morgan fingerprint density at radius 3 is 2.75 bits per heavy atom. The predicted molar refractivity (Wildman–Crippen MR) is 142 cm³/mol. The number of carbonyl (C=O) groups excluding carboxylic acids is 1. The number of para-hydroxylation sites is 2. The number of carboxylic acid groups (broad SMARTS) is 1. The summed E-state index contributed by atoms with van der Waals surface area (Å²) >= 11 is 3.42. The first kappa shape index (κ1) is 26.2. The summed E-state index contributed by atoms with van der Waals surface area (Å²) in [5, 5.41) is 11.9. The number of fused-ring (bicyclic) bond motifs is 1. The Morgan fingerprint density at radius 1 is 1.22 bits per heavy atom. The fraction of sp³-hybridized carbons (Fsp3) is 0.444. The molecule has 2 atom stereocenters. The number of hydrogen-bond acceptors (Lipinski definition) is 4. The van der Waals surface area contributed by atoms with E-state index in [1.54, 1.807) is 7.11 Å². The minimum atomic E-state index is -1.12. The fourth-order valence-electron chi connectivity index (χ4n) is 5.02. The number of aromatic nitrogens is 2. The summed E-state index contributed by atoms with van der Waals surface area (Å²) in [5.74, 6) is 1.12. The Morgan fingerprint density at radius 2 is 2.00 bits per heavy atom. The molecule has 2 amide bonds. The molecule has 2 heterocycles. The predicted octanol–water partition coefficient (Wildman–Crippen LogP) is 4.81. The summed E-state index contributed by atoms with van der Waals surface area (Å²) in [5.41, 5.74) is 3.05. The summed E-state index contributed by atoms with van der Waals surface area (Å²) in [6.45, 7) is 2.76. The number of halogens is 1. The number of benzene rings is 2. The second kappa shape index (κ2) is 12.4. The van der Waals surface area contributed by atoms with Gasteiger partial charge in [0, 0.05) is 56.2 Å². The average Bonchev–Trinajstić information content (AvgIpc) is 3.24. The Hall–Kier alpha value is -2.91. The van der Waals surface area contributed by atoms with E-state index in [4.69, 9.17) is 9.72 Å². The summed E-state index contributed by atoms with van der Waals surface area (Å²) < 4.78 is 8.49. The van der Waals surface area contributed by atoms with Crippen LogP contribution in [0, 0.1) is 0 Å². The SMILES string of the molecule is COCCCn1c([C@@H]2CCCN(C(=O)C[C@@H](Cc3ccc(Br)cc3)NC(=O)O)C2)nc2ccccc21. The van der Waals surface area contributed by atoms with Gasteiger partial charge in [0.15, 0.2) is 0 Å². The molecule has 0 spiro atoms. The molecule has 0 unspecified atom stereocenters. The monoisotopic (exact) mass is 556 g/mol. The zero-order valence-corrected chi connectivity index (χ0v) is 22.1. The van der Waals surface area contributed by atoms with Crippen molar-refractivity contribution in [2.45, 2.75) is 50.6 Å². The van der Waals surface area contributed by atoms with Gasteiger partial charge in [0.1, 0.15) is 5.82 Å². The molecule has 1 saturated heterocycles. The molecule has 1 aliphatic heterocycles. The summed E-state index contributed by atoms with van der Waals surface area (Å²) in [6, 6.07) is 15.4. The summed E-state index contributed by atoms with van der Waals surface area (Å²) in [7, 11) is 1.71. The highest BCUT2D eigenvalue weighted by molar-refractivity contribution is 9.10. The van der Waals surface area contributed by atoms with Crippen LogP contribution in [0.4, 0.5) is 4.79 Å². The van der Waals surface area contributed by atoms with Crippen molar-refractivity contribution in [3.05, 3.63) is 64.4 Å². The van der Waals surface area contributed by atoms with Crippen LogP contribution in [0.25, 0.3) is 11.0 Å². The van der Waals surface area contributed by atoms with Crippen molar-refractivity contribution >= 4 is 39.0 Å². The Labute approximate surface area is 219 Å². The first-order chi connectivity index (χ1) is 17.4. The second-order valence-corrected chi connectivity index (χ2v) is 10.2. The van der Waals surface area contributed by atoms with Gasteiger partial charge in [-0.1, -0.05) is 40.2 Å². The van der Waals surface area contributed by atoms with E-state index in [9.17, 15) is 14.7 Å². The molecule has 1 aromatic heterocycles. The van der Waals surface area contributed by atoms with Gasteiger partial charge in [-0.25, -0.2) is 9.78 Å². The van der Waals surface area contributed by atoms with Gasteiger partial charge >= 0.3 is 6.09 Å². The molecule has 2 aromatic carbocycles. The number of methoxy groups -OCH3 is 1. The molecule has 36 heavy (non-hydrogen) atoms. The lowest BCUT2D eigenvalue weighted by Crippen LogP contribution is -2.44. The van der Waals surface area contributed by atoms with Crippen molar-refractivity contribution in [1.82, 2.24) is 19.8 Å². The van der Waals surface area contributed by atoms with Crippen molar-refractivity contribution in [1.29, 1.82) is 0 Å². The highest BCUT2D eigenvalue weighted by atomic mass is 79.9. The maximum Gasteiger partial charge on any atom is 0.404 e. The lowest BCUT2D eigenvalue weighted by molar-refractivity contribution is -0.132. The van der Waals surface area contributed by atoms with Crippen LogP contribution in [0.1, 0.15) is 43.0 Å². The highest BCUT2D eigenvalue weighted by Gasteiger charge is 2.30. The van der Waals surface area contributed by atoms with Gasteiger partial charge in [-0.2, -0.15) is 0 Å². The van der Waals surface area contributed by atoms with Gasteiger partial charge < -0.3 is 24.6 Å². The summed E-state index contributed by atoms with van der Waals surface area (Å²) in [6.07, 6.45) is 2.20. The van der Waals surface area contributed by atoms with Crippen molar-refractivity contribution in [2.75, 3.05) is 26.8 Å². The van der Waals surface area contributed by atoms with Crippen LogP contribution in [-0.4, -0.2) is 64.4 Å². The normalized spacial score (nSPS) is 16.7. The molecule has 1 aliphatic rings. The van der Waals surface area contributed by atoms with Crippen molar-refractivity contribution in [2.24, 2.45) is 0 Å². The molecule has 2 N–H and O–H groups in total. The molecule has 3 aromatic rings. The minimum absolute atomic E-state index is 0.0300. The van der Waals surface area contributed by atoms with E-state index >= 15 is 0 Å². The van der Waals surface area contributed by atoms with Crippen LogP contribution in [0.2, 0.25) is 0 Å². The van der Waals surface area contributed by atoms with Crippen LogP contribution in [0.3, 0.4) is 0 Å². The number of rotatable bonds is 10. The largest absolute Gasteiger partial charge is 0.465 e. The third-order valence-electron chi connectivity index (χ3n) is 6.70. The zero-order valence-electron chi connectivity index (χ0n) is 20.5. The molecule has 0 aliphatic carbocycles. The molecule has 4 rings (SSSR count). The Kier molecular flexibility index (Phi) is 8.98. The molecular weight excluding hydrogens is 524 g/mol. The Bertz CT molecular complexity index is 1180. The number of carbonyl (C=O) groups is 2. The maximum absolute atomic E-state index is 13.3. The number of imidazole rings is 1. The molecule has 1 fully saturated rings. The number of amides is 2. The van der Waals surface area contributed by atoms with E-state index in [1.165, 1.54) is 0 Å². The van der Waals surface area contributed by atoms with Crippen molar-refractivity contribution in [3.63, 3.8) is 0 Å². The highest BCUT2D eigenvalue weighted by Crippen LogP contribution is 2.30. The molecular formula is C27H33BrN4O4. The van der Waals surface area contributed by atoms with Crippen molar-refractivity contribution in [3.8, 4) is 0 Å². The maximum atomic E-state index is 13.3. The topological polar surface area (TPSA) is 96.7 Å². The van der Waals surface area contributed by atoms with E-state index in [2.05, 4.69) is 31.9 Å². The average molecular weight is 557 g/mol. The van der Waals surface area contributed by atoms with Crippen LogP contribution < -0.4 is 5.32 Å². The number of nitrogens with zero attached hydrogens (tertiary/aromatic N) is 3. The molecule has 0 bridgehead atoms. The van der Waals surface area contributed by atoms with Gasteiger partial charge in [-0.05, 0) is 55.5 Å². The van der Waals surface area contributed by atoms with Gasteiger partial charge in [-0.15, -0.1) is 0 Å². The standard InChI is InChI=1S/C27H33BrN4O4/c1-36-15-5-14-32-24-8-3-2-7-23(24)30-26(32)20-6-4-13-31(18-20)25(33)17-22(29-27(34)35)16-19-9-11-21(28)12-10-19/h2-3,7-12,20,22,29H,4-6,13-18H2,1H3,(H,34,35)/t20-,22-/m1/s1. The van der Waals surface area contributed by atoms with E-state index in [0.29, 0.717) is 26.1 Å². The van der Waals surface area contributed by atoms with E-state index in [0.717, 1.165) is 52.7 Å². The summed E-state index contributed by atoms with van der Waals surface area (Å²) in [4.78, 5) is 31.6. The third kappa shape index (κ3) is 6.64. The van der Waals surface area contributed by atoms with E-state index in [1.807, 2.05) is 47.4 Å². The number of ether oxygens (including phenoxy) is 1. The number of nitrogens with one attached hydrogen (secondary N) is 1. The van der Waals surface area contributed by atoms with Crippen LogP contribution >= 0.6 is 15.9 Å². The molecule has 0 radical (unpaired) electrons. The van der Waals surface area contributed by atoms with Gasteiger partial charge in [0.2, 0.25) is 5.91 Å². The van der Waals surface area contributed by atoms with Crippen LogP contribution in [0.15, 0.2) is 53.0 Å². The van der Waals surface area contributed by atoms with Gasteiger partial charge in [0.25, 0.3) is 0 Å². The second-order valence-electron chi connectivity index (χ2n) is 9.32. The Balaban J connectivity index is 1.48. The van der Waals surface area contributed by atoms with Crippen LogP contribution in [0.5, 0.6) is 0 Å². The molecule has 0 saturated carbocycles. The lowest BCUT2D eigenvalue weighted by Gasteiger charge is -2.33. The fourth-order valence-corrected chi connectivity index (χ4v) is 5.28. The van der Waals surface area contributed by atoms with Crippen molar-refractivity contribution < 1.29 is 19.4 Å².